The Morgan fingerprint density at radius 1 is 1.00 bits per heavy atom. The number of nitrogens with zero attached hydrogens (tertiary/aromatic N) is 1. The molecule has 0 bridgehead atoms. The van der Waals surface area contributed by atoms with E-state index in [0.29, 0.717) is 18.7 Å². The Labute approximate surface area is 170 Å². The Morgan fingerprint density at radius 3 is 2.38 bits per heavy atom. The zero-order valence-electron chi connectivity index (χ0n) is 16.9. The van der Waals surface area contributed by atoms with Gasteiger partial charge >= 0.3 is 0 Å². The molecule has 0 aliphatic heterocycles. The van der Waals surface area contributed by atoms with Crippen LogP contribution in [-0.2, 0) is 0 Å². The van der Waals surface area contributed by atoms with E-state index in [1.54, 1.807) is 25.6 Å². The molecule has 3 rings (SSSR count). The van der Waals surface area contributed by atoms with Crippen molar-refractivity contribution in [1.82, 2.24) is 4.98 Å². The molecule has 0 aliphatic carbocycles. The van der Waals surface area contributed by atoms with Gasteiger partial charge in [-0.15, -0.1) is 0 Å². The maximum Gasteiger partial charge on any atom is 0.257 e. The molecule has 0 aliphatic rings. The van der Waals surface area contributed by atoms with E-state index in [-0.39, 0.29) is 5.91 Å². The summed E-state index contributed by atoms with van der Waals surface area (Å²) in [6.45, 7) is 5.00. The first-order valence-corrected chi connectivity index (χ1v) is 9.40. The molecule has 0 spiro atoms. The topological polar surface area (TPSA) is 72.5 Å². The number of carbonyl (C=O) groups excluding carboxylic acids is 1. The van der Waals surface area contributed by atoms with E-state index in [4.69, 9.17) is 9.47 Å². The normalized spacial score (nSPS) is 10.3. The maximum atomic E-state index is 12.6. The summed E-state index contributed by atoms with van der Waals surface area (Å²) >= 11 is 0. The lowest BCUT2D eigenvalue weighted by atomic mass is 10.1. The van der Waals surface area contributed by atoms with Crippen molar-refractivity contribution < 1.29 is 14.3 Å². The minimum absolute atomic E-state index is 0.187. The number of methoxy groups -OCH3 is 1. The largest absolute Gasteiger partial charge is 0.497 e. The minimum Gasteiger partial charge on any atom is -0.497 e. The van der Waals surface area contributed by atoms with Crippen molar-refractivity contribution in [3.8, 4) is 11.5 Å². The van der Waals surface area contributed by atoms with Gasteiger partial charge in [0.25, 0.3) is 5.91 Å². The fourth-order valence-corrected chi connectivity index (χ4v) is 2.89. The van der Waals surface area contributed by atoms with Gasteiger partial charge in [0.05, 0.1) is 18.4 Å². The van der Waals surface area contributed by atoms with E-state index in [9.17, 15) is 4.79 Å². The first-order valence-electron chi connectivity index (χ1n) is 9.40. The van der Waals surface area contributed by atoms with Crippen LogP contribution in [0.1, 0.15) is 21.5 Å². The third kappa shape index (κ3) is 5.48. The first-order chi connectivity index (χ1) is 14.1. The summed E-state index contributed by atoms with van der Waals surface area (Å²) in [6, 6.07) is 15.1. The lowest BCUT2D eigenvalue weighted by Crippen LogP contribution is -2.15. The predicted molar refractivity (Wildman–Crippen MR) is 115 cm³/mol. The lowest BCUT2D eigenvalue weighted by molar-refractivity contribution is 0.102. The summed E-state index contributed by atoms with van der Waals surface area (Å²) in [5, 5.41) is 6.21. The quantitative estimate of drug-likeness (QED) is 0.555. The third-order valence-electron chi connectivity index (χ3n) is 4.48. The molecule has 2 N–H and O–H groups in total. The van der Waals surface area contributed by atoms with Crippen LogP contribution in [0.15, 0.2) is 60.9 Å². The summed E-state index contributed by atoms with van der Waals surface area (Å²) < 4.78 is 10.8. The molecule has 2 aromatic carbocycles. The average molecular weight is 391 g/mol. The van der Waals surface area contributed by atoms with E-state index < -0.39 is 0 Å². The zero-order chi connectivity index (χ0) is 20.6. The standard InChI is InChI=1S/C23H25N3O3/c1-16-5-4-6-17(2)22(16)26-23(27)18-13-19(15-24-14-18)25-11-12-29-21-9-7-20(28-3)8-10-21/h4-10,13-15,25H,11-12H2,1-3H3,(H,26,27). The fourth-order valence-electron chi connectivity index (χ4n) is 2.89. The van der Waals surface area contributed by atoms with Gasteiger partial charge < -0.3 is 20.1 Å². The molecular formula is C23H25N3O3. The Bertz CT molecular complexity index is 951. The van der Waals surface area contributed by atoms with Gasteiger partial charge in [0.15, 0.2) is 0 Å². The van der Waals surface area contributed by atoms with Crippen LogP contribution >= 0.6 is 0 Å². The number of para-hydroxylation sites is 1. The van der Waals surface area contributed by atoms with Crippen molar-refractivity contribution in [2.75, 3.05) is 30.9 Å². The Morgan fingerprint density at radius 2 is 1.69 bits per heavy atom. The second kappa shape index (κ2) is 9.59. The fraction of sp³-hybridized carbons (Fsp3) is 0.217. The Hall–Kier alpha value is -3.54. The number of aryl methyl sites for hydroxylation is 2. The number of amides is 1. The highest BCUT2D eigenvalue weighted by Crippen LogP contribution is 2.21. The van der Waals surface area contributed by atoms with Crippen LogP contribution in [-0.4, -0.2) is 31.2 Å². The Balaban J connectivity index is 1.54. The summed E-state index contributed by atoms with van der Waals surface area (Å²) in [5.41, 5.74) is 4.14. The zero-order valence-corrected chi connectivity index (χ0v) is 16.9. The van der Waals surface area contributed by atoms with E-state index in [2.05, 4.69) is 15.6 Å². The van der Waals surface area contributed by atoms with Crippen LogP contribution in [0.3, 0.4) is 0 Å². The van der Waals surface area contributed by atoms with Gasteiger partial charge in [0.1, 0.15) is 18.1 Å². The molecule has 1 heterocycles. The van der Waals surface area contributed by atoms with E-state index in [1.807, 2.05) is 56.3 Å². The first kappa shape index (κ1) is 20.2. The molecule has 6 heteroatoms. The molecule has 150 valence electrons. The molecular weight excluding hydrogens is 366 g/mol. The van der Waals surface area contributed by atoms with Crippen molar-refractivity contribution in [3.05, 3.63) is 77.6 Å². The second-order valence-electron chi connectivity index (χ2n) is 6.63. The van der Waals surface area contributed by atoms with Crippen molar-refractivity contribution in [3.63, 3.8) is 0 Å². The summed E-state index contributed by atoms with van der Waals surface area (Å²) in [7, 11) is 1.63. The molecule has 3 aromatic rings. The van der Waals surface area contributed by atoms with Crippen LogP contribution in [0.2, 0.25) is 0 Å². The van der Waals surface area contributed by atoms with Crippen LogP contribution in [0.4, 0.5) is 11.4 Å². The van der Waals surface area contributed by atoms with Crippen molar-refractivity contribution in [2.24, 2.45) is 0 Å². The average Bonchev–Trinajstić information content (AvgIpc) is 2.74. The smallest absolute Gasteiger partial charge is 0.257 e. The number of ether oxygens (including phenoxy) is 2. The molecule has 1 amide bonds. The summed E-state index contributed by atoms with van der Waals surface area (Å²) in [5.74, 6) is 1.37. The highest BCUT2D eigenvalue weighted by Gasteiger charge is 2.10. The number of pyridine rings is 1. The molecule has 0 saturated heterocycles. The number of hydrogen-bond acceptors (Lipinski definition) is 5. The van der Waals surface area contributed by atoms with Gasteiger partial charge in [-0.25, -0.2) is 0 Å². The third-order valence-corrected chi connectivity index (χ3v) is 4.48. The second-order valence-corrected chi connectivity index (χ2v) is 6.63. The van der Waals surface area contributed by atoms with Gasteiger partial charge in [-0.1, -0.05) is 18.2 Å². The van der Waals surface area contributed by atoms with E-state index in [0.717, 1.165) is 34.0 Å². The lowest BCUT2D eigenvalue weighted by Gasteiger charge is -2.12. The van der Waals surface area contributed by atoms with Crippen molar-refractivity contribution in [1.29, 1.82) is 0 Å². The van der Waals surface area contributed by atoms with E-state index in [1.165, 1.54) is 0 Å². The van der Waals surface area contributed by atoms with Gasteiger partial charge in [0.2, 0.25) is 0 Å². The molecule has 1 aromatic heterocycles. The van der Waals surface area contributed by atoms with Gasteiger partial charge in [-0.2, -0.15) is 0 Å². The summed E-state index contributed by atoms with van der Waals surface area (Å²) in [4.78, 5) is 16.8. The number of aromatic nitrogens is 1. The van der Waals surface area contributed by atoms with Crippen LogP contribution < -0.4 is 20.1 Å². The highest BCUT2D eigenvalue weighted by molar-refractivity contribution is 6.05. The molecule has 0 saturated carbocycles. The number of carbonyl (C=O) groups is 1. The van der Waals surface area contributed by atoms with Gasteiger partial charge in [-0.05, 0) is 55.3 Å². The monoisotopic (exact) mass is 391 g/mol. The molecule has 0 radical (unpaired) electrons. The Kier molecular flexibility index (Phi) is 6.68. The van der Waals surface area contributed by atoms with Crippen LogP contribution in [0.25, 0.3) is 0 Å². The van der Waals surface area contributed by atoms with Crippen molar-refractivity contribution >= 4 is 17.3 Å². The molecule has 0 atom stereocenters. The number of rotatable bonds is 8. The molecule has 6 nitrogen and oxygen atoms in total. The molecule has 0 fully saturated rings. The minimum atomic E-state index is -0.187. The SMILES string of the molecule is COc1ccc(OCCNc2cncc(C(=O)Nc3c(C)cccc3C)c2)cc1. The maximum absolute atomic E-state index is 12.6. The number of nitrogens with one attached hydrogen (secondary N) is 2. The van der Waals surface area contributed by atoms with Crippen LogP contribution in [0.5, 0.6) is 11.5 Å². The number of anilines is 2. The van der Waals surface area contributed by atoms with Gasteiger partial charge in [0, 0.05) is 24.6 Å². The molecule has 0 unspecified atom stereocenters. The number of benzene rings is 2. The van der Waals surface area contributed by atoms with Crippen molar-refractivity contribution in [2.45, 2.75) is 13.8 Å². The molecule has 29 heavy (non-hydrogen) atoms. The summed E-state index contributed by atoms with van der Waals surface area (Å²) in [6.07, 6.45) is 3.24. The van der Waals surface area contributed by atoms with Crippen LogP contribution in [0, 0.1) is 13.8 Å². The van der Waals surface area contributed by atoms with Gasteiger partial charge in [-0.3, -0.25) is 9.78 Å². The highest BCUT2D eigenvalue weighted by atomic mass is 16.5. The predicted octanol–water partition coefficient (Wildman–Crippen LogP) is 4.45. The van der Waals surface area contributed by atoms with E-state index >= 15 is 0 Å². The number of hydrogen-bond donors (Lipinski definition) is 2.